The van der Waals surface area contributed by atoms with Gasteiger partial charge in [-0.05, 0) is 25.5 Å². The standard InChI is InChI=1S/C19H17F5N2O3S/c1-18(19(22,23)24)8-11(10-3-4-12(20)14(21)15(10)29-2)16(30-18)17(28)26-9-5-6-25-13(27)7-9/h3-7,11,16H,8H2,1-2H3,(H2,25,26,27,28)/i16D. The number of benzene rings is 1. The Morgan fingerprint density at radius 3 is 2.70 bits per heavy atom. The third kappa shape index (κ3) is 4.03. The minimum Gasteiger partial charge on any atom is -0.493 e. The molecule has 1 aliphatic rings. The van der Waals surface area contributed by atoms with Gasteiger partial charge < -0.3 is 15.2 Å². The van der Waals surface area contributed by atoms with Crippen LogP contribution in [0.4, 0.5) is 27.6 Å². The number of pyridine rings is 1. The van der Waals surface area contributed by atoms with Crippen molar-refractivity contribution < 1.29 is 38.0 Å². The molecule has 0 saturated carbocycles. The first-order valence-electron chi connectivity index (χ1n) is 9.07. The van der Waals surface area contributed by atoms with Gasteiger partial charge in [0.15, 0.2) is 11.6 Å². The van der Waals surface area contributed by atoms with E-state index < -0.39 is 57.7 Å². The molecule has 0 radical (unpaired) electrons. The largest absolute Gasteiger partial charge is 0.493 e. The Morgan fingerprint density at radius 1 is 1.40 bits per heavy atom. The van der Waals surface area contributed by atoms with Crippen molar-refractivity contribution in [3.63, 3.8) is 0 Å². The van der Waals surface area contributed by atoms with Crippen molar-refractivity contribution >= 4 is 23.4 Å². The number of hydrogen-bond acceptors (Lipinski definition) is 5. The van der Waals surface area contributed by atoms with Gasteiger partial charge in [-0.15, -0.1) is 11.8 Å². The number of aromatic nitrogens is 1. The number of aromatic hydroxyl groups is 1. The Hall–Kier alpha value is -2.56. The molecule has 30 heavy (non-hydrogen) atoms. The number of anilines is 1. The molecule has 11 heteroatoms. The maximum absolute atomic E-state index is 14.3. The summed E-state index contributed by atoms with van der Waals surface area (Å²) in [6, 6.07) is 4.05. The first-order chi connectivity index (χ1) is 14.3. The van der Waals surface area contributed by atoms with Crippen molar-refractivity contribution in [1.29, 1.82) is 0 Å². The molecule has 2 heterocycles. The van der Waals surface area contributed by atoms with Gasteiger partial charge in [-0.25, -0.2) is 9.37 Å². The number of amides is 1. The zero-order chi connectivity index (χ0) is 23.2. The molecule has 1 aromatic carbocycles. The van der Waals surface area contributed by atoms with Crippen molar-refractivity contribution in [3.8, 4) is 11.6 Å². The van der Waals surface area contributed by atoms with E-state index in [-0.39, 0.29) is 23.0 Å². The fraction of sp³-hybridized carbons (Fsp3) is 0.368. The van der Waals surface area contributed by atoms with Gasteiger partial charge in [-0.3, -0.25) is 4.79 Å². The molecule has 0 aliphatic carbocycles. The number of thioether (sulfide) groups is 1. The highest BCUT2D eigenvalue weighted by Crippen LogP contribution is 2.59. The average molecular weight is 449 g/mol. The van der Waals surface area contributed by atoms with Gasteiger partial charge in [-0.1, -0.05) is 6.07 Å². The quantitative estimate of drug-likeness (QED) is 0.667. The molecule has 3 rings (SSSR count). The lowest BCUT2D eigenvalue weighted by atomic mass is 9.85. The van der Waals surface area contributed by atoms with E-state index >= 15 is 0 Å². The van der Waals surface area contributed by atoms with E-state index in [4.69, 9.17) is 6.11 Å². The van der Waals surface area contributed by atoms with Crippen molar-refractivity contribution in [2.24, 2.45) is 0 Å². The third-order valence-electron chi connectivity index (χ3n) is 4.73. The summed E-state index contributed by atoms with van der Waals surface area (Å²) in [5, 5.41) is 9.25. The van der Waals surface area contributed by atoms with Crippen LogP contribution in [0.3, 0.4) is 0 Å². The van der Waals surface area contributed by atoms with Crippen LogP contribution < -0.4 is 10.1 Å². The topological polar surface area (TPSA) is 71.5 Å². The minimum atomic E-state index is -4.79. The SMILES string of the molecule is [2H]C1(C(=O)Nc2ccnc(O)c2)SC(C)(C(F)(F)F)CC1c1ccc(F)c(F)c1OC. The van der Waals surface area contributed by atoms with E-state index in [0.29, 0.717) is 6.07 Å². The molecular weight excluding hydrogens is 431 g/mol. The number of methoxy groups -OCH3 is 1. The molecular formula is C19H17F5N2O3S. The molecule has 1 saturated heterocycles. The normalized spacial score (nSPS) is 26.9. The number of halogens is 5. The van der Waals surface area contributed by atoms with Crippen LogP contribution in [0.1, 0.15) is 26.2 Å². The number of rotatable bonds is 4. The summed E-state index contributed by atoms with van der Waals surface area (Å²) in [6.07, 6.45) is -4.39. The molecule has 2 aromatic rings. The highest BCUT2D eigenvalue weighted by Gasteiger charge is 2.60. The molecule has 1 aliphatic heterocycles. The van der Waals surface area contributed by atoms with Gasteiger partial charge in [0.2, 0.25) is 17.6 Å². The summed E-state index contributed by atoms with van der Waals surface area (Å²) in [5.41, 5.74) is -0.231. The maximum atomic E-state index is 14.3. The number of ether oxygens (including phenoxy) is 1. The molecule has 3 atom stereocenters. The third-order valence-corrected chi connectivity index (χ3v) is 6.27. The van der Waals surface area contributed by atoms with Crippen LogP contribution in [0.15, 0.2) is 30.5 Å². The van der Waals surface area contributed by atoms with Crippen molar-refractivity contribution in [2.75, 3.05) is 12.4 Å². The van der Waals surface area contributed by atoms with Gasteiger partial charge in [0.25, 0.3) is 0 Å². The summed E-state index contributed by atoms with van der Waals surface area (Å²) >= 11 is 0.0657. The molecule has 1 amide bonds. The predicted octanol–water partition coefficient (Wildman–Crippen LogP) is 4.62. The van der Waals surface area contributed by atoms with Crippen LogP contribution in [0.2, 0.25) is 0 Å². The molecule has 1 aromatic heterocycles. The fourth-order valence-corrected chi connectivity index (χ4v) is 4.53. The van der Waals surface area contributed by atoms with Gasteiger partial charge in [0.05, 0.1) is 13.7 Å². The van der Waals surface area contributed by atoms with Crippen molar-refractivity contribution in [1.82, 2.24) is 4.98 Å². The van der Waals surface area contributed by atoms with Crippen LogP contribution in [-0.4, -0.2) is 39.3 Å². The van der Waals surface area contributed by atoms with Crippen LogP contribution in [0.25, 0.3) is 0 Å². The Bertz CT molecular complexity index is 1020. The lowest BCUT2D eigenvalue weighted by Crippen LogP contribution is -2.37. The van der Waals surface area contributed by atoms with Gasteiger partial charge >= 0.3 is 6.18 Å². The predicted molar refractivity (Wildman–Crippen MR) is 101 cm³/mol. The summed E-state index contributed by atoms with van der Waals surface area (Å²) in [4.78, 5) is 16.5. The van der Waals surface area contributed by atoms with E-state index in [1.165, 1.54) is 6.07 Å². The first kappa shape index (κ1) is 20.7. The smallest absolute Gasteiger partial charge is 0.403 e. The van der Waals surface area contributed by atoms with Crippen molar-refractivity contribution in [2.45, 2.75) is 35.4 Å². The second-order valence-corrected chi connectivity index (χ2v) is 8.34. The lowest BCUT2D eigenvalue weighted by molar-refractivity contribution is -0.155. The van der Waals surface area contributed by atoms with Crippen LogP contribution >= 0.6 is 11.8 Å². The Labute approximate surface area is 174 Å². The van der Waals surface area contributed by atoms with E-state index in [1.807, 2.05) is 0 Å². The first-order valence-corrected chi connectivity index (χ1v) is 9.39. The summed E-state index contributed by atoms with van der Waals surface area (Å²) in [7, 11) is 1.01. The highest BCUT2D eigenvalue weighted by atomic mass is 32.2. The van der Waals surface area contributed by atoms with Gasteiger partial charge in [-0.2, -0.15) is 17.6 Å². The molecule has 1 fully saturated rings. The number of carbonyl (C=O) groups is 1. The van der Waals surface area contributed by atoms with Crippen LogP contribution in [0.5, 0.6) is 11.6 Å². The zero-order valence-electron chi connectivity index (χ0n) is 16.7. The number of carbonyl (C=O) groups excluding carboxylic acids is 1. The second-order valence-electron chi connectivity index (χ2n) is 6.79. The Morgan fingerprint density at radius 2 is 2.10 bits per heavy atom. The zero-order valence-corrected chi connectivity index (χ0v) is 16.5. The molecule has 162 valence electrons. The number of hydrogen-bond donors (Lipinski definition) is 2. The Balaban J connectivity index is 2.11. The Kier molecular flexibility index (Phi) is 5.48. The maximum Gasteiger partial charge on any atom is 0.403 e. The minimum absolute atomic E-state index is 0.00124. The van der Waals surface area contributed by atoms with E-state index in [9.17, 15) is 31.9 Å². The summed E-state index contributed by atoms with van der Waals surface area (Å²) in [6.45, 7) is 0.846. The average Bonchev–Trinajstić information content (AvgIpc) is 2.97. The van der Waals surface area contributed by atoms with Crippen molar-refractivity contribution in [3.05, 3.63) is 47.7 Å². The fourth-order valence-electron chi connectivity index (χ4n) is 3.18. The van der Waals surface area contributed by atoms with E-state index in [1.54, 1.807) is 0 Å². The van der Waals surface area contributed by atoms with Gasteiger partial charge in [0, 0.05) is 29.4 Å². The number of nitrogens with one attached hydrogen (secondary N) is 1. The summed E-state index contributed by atoms with van der Waals surface area (Å²) < 4.78 is 80.4. The number of alkyl halides is 3. The molecule has 0 bridgehead atoms. The monoisotopic (exact) mass is 449 g/mol. The van der Waals surface area contributed by atoms with E-state index in [0.717, 1.165) is 32.4 Å². The lowest BCUT2D eigenvalue weighted by Gasteiger charge is -2.26. The summed E-state index contributed by atoms with van der Waals surface area (Å²) in [5.74, 6) is -6.44. The van der Waals surface area contributed by atoms with Crippen LogP contribution in [0, 0.1) is 11.6 Å². The highest BCUT2D eigenvalue weighted by molar-refractivity contribution is 8.02. The molecule has 0 spiro atoms. The molecule has 5 nitrogen and oxygen atoms in total. The number of nitrogens with zero attached hydrogens (tertiary/aromatic N) is 1. The molecule has 2 N–H and O–H groups in total. The van der Waals surface area contributed by atoms with Crippen LogP contribution in [-0.2, 0) is 4.79 Å². The van der Waals surface area contributed by atoms with Gasteiger partial charge in [0.1, 0.15) is 4.75 Å². The molecule has 3 unspecified atom stereocenters. The van der Waals surface area contributed by atoms with E-state index in [2.05, 4.69) is 10.3 Å². The second kappa shape index (κ2) is 7.93.